The minimum absolute atomic E-state index is 0.170. The van der Waals surface area contributed by atoms with Gasteiger partial charge in [-0.2, -0.15) is 0 Å². The van der Waals surface area contributed by atoms with E-state index in [1.54, 1.807) is 6.07 Å². The molecule has 3 aromatic rings. The van der Waals surface area contributed by atoms with Gasteiger partial charge >= 0.3 is 0 Å². The lowest BCUT2D eigenvalue weighted by Crippen LogP contribution is -2.39. The summed E-state index contributed by atoms with van der Waals surface area (Å²) in [7, 11) is 0. The van der Waals surface area contributed by atoms with Gasteiger partial charge in [-0.15, -0.1) is 0 Å². The molecule has 0 fully saturated rings. The number of hydrogen-bond donors (Lipinski definition) is 1. The smallest absolute Gasteiger partial charge is 0.145 e. The maximum Gasteiger partial charge on any atom is 0.145 e. The molecule has 1 N–H and O–H groups in total. The maximum atomic E-state index is 13.7. The Labute approximate surface area is 204 Å². The van der Waals surface area contributed by atoms with Crippen LogP contribution in [0, 0.1) is 5.82 Å². The van der Waals surface area contributed by atoms with Crippen LogP contribution in [0.25, 0.3) is 0 Å². The van der Waals surface area contributed by atoms with Crippen LogP contribution in [0.1, 0.15) is 23.1 Å². The van der Waals surface area contributed by atoms with Gasteiger partial charge in [-0.05, 0) is 41.0 Å². The predicted octanol–water partition coefficient (Wildman–Crippen LogP) is 5.05. The zero-order chi connectivity index (χ0) is 23.8. The fraction of sp³-hybridized carbons (Fsp3) is 0.296. The van der Waals surface area contributed by atoms with Crippen LogP contribution >= 0.6 is 11.6 Å². The van der Waals surface area contributed by atoms with Crippen molar-refractivity contribution in [3.05, 3.63) is 106 Å². The summed E-state index contributed by atoms with van der Waals surface area (Å²) in [4.78, 5) is 7.74. The molecule has 0 spiro atoms. The zero-order valence-corrected chi connectivity index (χ0v) is 19.6. The second-order valence-corrected chi connectivity index (χ2v) is 8.89. The summed E-state index contributed by atoms with van der Waals surface area (Å²) < 4.78 is 19.4. The SMILES string of the molecule is O[C@@H](COCc1ccccc1)CN(Cc1cccc(F)c1)C[C@@H]1CC(c2ccc(Cl)cc2)=NO1. The second-order valence-electron chi connectivity index (χ2n) is 8.45. The summed E-state index contributed by atoms with van der Waals surface area (Å²) in [5, 5.41) is 15.6. The molecule has 0 saturated heterocycles. The van der Waals surface area contributed by atoms with Gasteiger partial charge in [0.25, 0.3) is 0 Å². The van der Waals surface area contributed by atoms with Crippen molar-refractivity contribution < 1.29 is 19.1 Å². The van der Waals surface area contributed by atoms with Crippen LogP contribution in [0.3, 0.4) is 0 Å². The van der Waals surface area contributed by atoms with Gasteiger partial charge in [0.05, 0.1) is 25.0 Å². The molecular weight excluding hydrogens is 455 g/mol. The molecule has 5 nitrogen and oxygen atoms in total. The molecule has 34 heavy (non-hydrogen) atoms. The highest BCUT2D eigenvalue weighted by Gasteiger charge is 2.26. The Balaban J connectivity index is 1.34. The van der Waals surface area contributed by atoms with E-state index in [2.05, 4.69) is 10.1 Å². The van der Waals surface area contributed by atoms with Crippen molar-refractivity contribution in [1.29, 1.82) is 0 Å². The Hall–Kier alpha value is -2.77. The molecule has 2 atom stereocenters. The van der Waals surface area contributed by atoms with E-state index in [0.717, 1.165) is 22.4 Å². The van der Waals surface area contributed by atoms with Crippen LogP contribution in [0.2, 0.25) is 5.02 Å². The number of rotatable bonds is 11. The Morgan fingerprint density at radius 2 is 1.82 bits per heavy atom. The van der Waals surface area contributed by atoms with E-state index in [-0.39, 0.29) is 18.5 Å². The van der Waals surface area contributed by atoms with E-state index >= 15 is 0 Å². The normalized spacial score (nSPS) is 16.4. The third-order valence-corrected chi connectivity index (χ3v) is 5.81. The fourth-order valence-corrected chi connectivity index (χ4v) is 4.09. The largest absolute Gasteiger partial charge is 0.390 e. The molecule has 7 heteroatoms. The van der Waals surface area contributed by atoms with E-state index in [9.17, 15) is 9.50 Å². The lowest BCUT2D eigenvalue weighted by Gasteiger charge is -2.27. The Bertz CT molecular complexity index is 1080. The number of halogens is 2. The summed E-state index contributed by atoms with van der Waals surface area (Å²) >= 11 is 5.98. The quantitative estimate of drug-likeness (QED) is 0.415. The molecule has 0 aromatic heterocycles. The van der Waals surface area contributed by atoms with E-state index in [1.165, 1.54) is 12.1 Å². The number of benzene rings is 3. The highest BCUT2D eigenvalue weighted by atomic mass is 35.5. The molecule has 0 bridgehead atoms. The van der Waals surface area contributed by atoms with Gasteiger partial charge in [-0.3, -0.25) is 4.90 Å². The van der Waals surface area contributed by atoms with Crippen molar-refractivity contribution in [3.8, 4) is 0 Å². The van der Waals surface area contributed by atoms with Crippen molar-refractivity contribution in [2.45, 2.75) is 31.8 Å². The monoisotopic (exact) mass is 482 g/mol. The Kier molecular flexibility index (Phi) is 8.66. The van der Waals surface area contributed by atoms with Gasteiger partial charge < -0.3 is 14.7 Å². The van der Waals surface area contributed by atoms with Crippen LogP contribution in [0.5, 0.6) is 0 Å². The first-order valence-electron chi connectivity index (χ1n) is 11.3. The highest BCUT2D eigenvalue weighted by molar-refractivity contribution is 6.30. The number of nitrogens with zero attached hydrogens (tertiary/aromatic N) is 2. The molecule has 0 aliphatic carbocycles. The molecule has 1 aliphatic heterocycles. The van der Waals surface area contributed by atoms with Crippen LogP contribution in [-0.4, -0.2) is 47.6 Å². The van der Waals surface area contributed by atoms with Crippen LogP contribution in [0.4, 0.5) is 4.39 Å². The van der Waals surface area contributed by atoms with E-state index < -0.39 is 6.10 Å². The minimum atomic E-state index is -0.699. The Morgan fingerprint density at radius 3 is 2.59 bits per heavy atom. The van der Waals surface area contributed by atoms with Gasteiger partial charge in [-0.1, -0.05) is 71.4 Å². The molecule has 0 saturated carbocycles. The van der Waals surface area contributed by atoms with E-state index in [4.69, 9.17) is 21.2 Å². The standard InChI is InChI=1S/C27H28ClFN2O3/c28-23-11-9-22(10-12-23)27-14-26(34-30-27)17-31(15-21-7-4-8-24(29)13-21)16-25(32)19-33-18-20-5-2-1-3-6-20/h1-13,25-26,32H,14-19H2/t25-,26+/m1/s1. The van der Waals surface area contributed by atoms with Gasteiger partial charge in [-0.25, -0.2) is 4.39 Å². The van der Waals surface area contributed by atoms with Crippen molar-refractivity contribution in [1.82, 2.24) is 4.90 Å². The van der Waals surface area contributed by atoms with Crippen molar-refractivity contribution >= 4 is 17.3 Å². The molecule has 3 aromatic carbocycles. The lowest BCUT2D eigenvalue weighted by molar-refractivity contribution is -0.00650. The predicted molar refractivity (Wildman–Crippen MR) is 131 cm³/mol. The number of hydrogen-bond acceptors (Lipinski definition) is 5. The van der Waals surface area contributed by atoms with Crippen LogP contribution in [0.15, 0.2) is 84.0 Å². The zero-order valence-electron chi connectivity index (χ0n) is 18.8. The number of oxime groups is 1. The highest BCUT2D eigenvalue weighted by Crippen LogP contribution is 2.20. The average Bonchev–Trinajstić information content (AvgIpc) is 3.28. The number of aliphatic hydroxyl groups excluding tert-OH is 1. The number of aliphatic hydroxyl groups is 1. The van der Waals surface area contributed by atoms with Crippen LogP contribution < -0.4 is 0 Å². The summed E-state index contributed by atoms with van der Waals surface area (Å²) in [6, 6.07) is 23.8. The molecule has 0 radical (unpaired) electrons. The van der Waals surface area contributed by atoms with Gasteiger partial charge in [0.15, 0.2) is 0 Å². The third-order valence-electron chi connectivity index (χ3n) is 5.56. The lowest BCUT2D eigenvalue weighted by atomic mass is 10.0. The first kappa shape index (κ1) is 24.4. The molecular formula is C27H28ClFN2O3. The van der Waals surface area contributed by atoms with Crippen molar-refractivity contribution in [3.63, 3.8) is 0 Å². The van der Waals surface area contributed by atoms with Crippen molar-refractivity contribution in [2.75, 3.05) is 19.7 Å². The first-order chi connectivity index (χ1) is 16.5. The minimum Gasteiger partial charge on any atom is -0.390 e. The molecule has 178 valence electrons. The summed E-state index contributed by atoms with van der Waals surface area (Å²) in [5.41, 5.74) is 3.71. The van der Waals surface area contributed by atoms with Gasteiger partial charge in [0, 0.05) is 31.1 Å². The second kappa shape index (κ2) is 12.1. The average molecular weight is 483 g/mol. The summed E-state index contributed by atoms with van der Waals surface area (Å²) in [6.45, 7) is 2.01. The van der Waals surface area contributed by atoms with Crippen molar-refractivity contribution in [2.24, 2.45) is 5.16 Å². The topological polar surface area (TPSA) is 54.3 Å². The number of ether oxygens (including phenoxy) is 1. The third kappa shape index (κ3) is 7.37. The summed E-state index contributed by atoms with van der Waals surface area (Å²) in [6.07, 6.45) is -0.228. The Morgan fingerprint density at radius 1 is 1.06 bits per heavy atom. The van der Waals surface area contributed by atoms with Crippen LogP contribution in [-0.2, 0) is 22.7 Å². The molecule has 4 rings (SSSR count). The van der Waals surface area contributed by atoms with Gasteiger partial charge in [0.1, 0.15) is 11.9 Å². The fourth-order valence-electron chi connectivity index (χ4n) is 3.96. The van der Waals surface area contributed by atoms with Gasteiger partial charge in [0.2, 0.25) is 0 Å². The molecule has 1 heterocycles. The molecule has 0 unspecified atom stereocenters. The molecule has 0 amide bonds. The maximum absolute atomic E-state index is 13.7. The molecule has 1 aliphatic rings. The van der Waals surface area contributed by atoms with E-state index in [0.29, 0.717) is 37.7 Å². The first-order valence-corrected chi connectivity index (χ1v) is 11.7. The summed E-state index contributed by atoms with van der Waals surface area (Å²) in [5.74, 6) is -0.283. The van der Waals surface area contributed by atoms with E-state index in [1.807, 2.05) is 60.7 Å².